The van der Waals surface area contributed by atoms with Crippen LogP contribution in [0.3, 0.4) is 0 Å². The van der Waals surface area contributed by atoms with Gasteiger partial charge < -0.3 is 4.42 Å². The van der Waals surface area contributed by atoms with E-state index in [0.29, 0.717) is 5.76 Å². The van der Waals surface area contributed by atoms with Gasteiger partial charge in [-0.1, -0.05) is 6.07 Å². The summed E-state index contributed by atoms with van der Waals surface area (Å²) in [5, 5.41) is 3.54. The second kappa shape index (κ2) is 5.34. The molecule has 0 saturated heterocycles. The highest BCUT2D eigenvalue weighted by molar-refractivity contribution is 7.10. The molecule has 0 aliphatic carbocycles. The Balaban J connectivity index is 1.94. The van der Waals surface area contributed by atoms with E-state index in [-0.39, 0.29) is 17.8 Å². The van der Waals surface area contributed by atoms with Crippen LogP contribution in [0.2, 0.25) is 0 Å². The number of amides is 1. The molecule has 1 N–H and O–H groups in total. The fraction of sp³-hybridized carbons (Fsp3) is 0.214. The Hall–Kier alpha value is -1.72. The van der Waals surface area contributed by atoms with E-state index < -0.39 is 0 Å². The molecule has 1 aliphatic heterocycles. The Labute approximate surface area is 125 Å². The fourth-order valence-corrected chi connectivity index (χ4v) is 3.05. The minimum Gasteiger partial charge on any atom is -0.460 e. The van der Waals surface area contributed by atoms with Gasteiger partial charge in [0, 0.05) is 4.88 Å². The van der Waals surface area contributed by atoms with Crippen LogP contribution in [0.5, 0.6) is 0 Å². The molecule has 0 radical (unpaired) electrons. The van der Waals surface area contributed by atoms with Crippen molar-refractivity contribution in [2.75, 3.05) is 5.88 Å². The number of aryl methyl sites for hydroxylation is 1. The van der Waals surface area contributed by atoms with Crippen LogP contribution in [0.1, 0.15) is 22.4 Å². The van der Waals surface area contributed by atoms with E-state index in [1.54, 1.807) is 16.3 Å². The summed E-state index contributed by atoms with van der Waals surface area (Å²) in [5.41, 5.74) is 3.87. The normalized spacial score (nSPS) is 18.0. The summed E-state index contributed by atoms with van der Waals surface area (Å²) in [6, 6.07) is 7.59. The van der Waals surface area contributed by atoms with E-state index in [4.69, 9.17) is 16.0 Å². The lowest BCUT2D eigenvalue weighted by atomic mass is 10.2. The van der Waals surface area contributed by atoms with E-state index in [0.717, 1.165) is 16.3 Å². The number of hydrogen-bond donors (Lipinski definition) is 1. The third kappa shape index (κ3) is 2.34. The molecule has 6 heteroatoms. The smallest absolute Gasteiger partial charge is 0.256 e. The standard InChI is InChI=1S/C14H13ClN2O2S/c1-9-4-5-12(19-9)10-7-11(13-3-2-6-20-13)17(16-10)14(18)8-15/h2-7,11,16H,8H2,1H3/t11-/m1/s1. The number of carbonyl (C=O) groups is 1. The zero-order valence-electron chi connectivity index (χ0n) is 10.8. The molecule has 0 spiro atoms. The van der Waals surface area contributed by atoms with Gasteiger partial charge in [0.15, 0.2) is 5.76 Å². The molecule has 104 valence electrons. The van der Waals surface area contributed by atoms with E-state index in [1.165, 1.54) is 0 Å². The van der Waals surface area contributed by atoms with Crippen molar-refractivity contribution in [1.82, 2.24) is 10.4 Å². The quantitative estimate of drug-likeness (QED) is 0.885. The first-order valence-electron chi connectivity index (χ1n) is 6.16. The topological polar surface area (TPSA) is 45.5 Å². The van der Waals surface area contributed by atoms with E-state index in [9.17, 15) is 4.79 Å². The van der Waals surface area contributed by atoms with Gasteiger partial charge in [-0.25, -0.2) is 5.01 Å². The van der Waals surface area contributed by atoms with E-state index >= 15 is 0 Å². The Kier molecular flexibility index (Phi) is 3.54. The number of hydrazine groups is 1. The number of halogens is 1. The summed E-state index contributed by atoms with van der Waals surface area (Å²) in [6.45, 7) is 1.89. The maximum atomic E-state index is 12.0. The van der Waals surface area contributed by atoms with Crippen LogP contribution in [-0.4, -0.2) is 16.8 Å². The van der Waals surface area contributed by atoms with Gasteiger partial charge in [-0.3, -0.25) is 10.2 Å². The Morgan fingerprint density at radius 2 is 2.35 bits per heavy atom. The number of furan rings is 1. The second-order valence-electron chi connectivity index (χ2n) is 4.46. The van der Waals surface area contributed by atoms with Gasteiger partial charge >= 0.3 is 0 Å². The van der Waals surface area contributed by atoms with Gasteiger partial charge in [-0.05, 0) is 36.6 Å². The fourth-order valence-electron chi connectivity index (χ4n) is 2.14. The number of nitrogens with one attached hydrogen (secondary N) is 1. The molecule has 1 aliphatic rings. The second-order valence-corrected chi connectivity index (χ2v) is 5.71. The average molecular weight is 309 g/mol. The first-order valence-corrected chi connectivity index (χ1v) is 7.57. The monoisotopic (exact) mass is 308 g/mol. The molecule has 1 amide bonds. The predicted molar refractivity (Wildman–Crippen MR) is 79.2 cm³/mol. The van der Waals surface area contributed by atoms with Crippen LogP contribution in [0, 0.1) is 6.92 Å². The highest BCUT2D eigenvalue weighted by atomic mass is 35.5. The van der Waals surface area contributed by atoms with Crippen LogP contribution in [0.15, 0.2) is 40.1 Å². The molecule has 0 unspecified atom stereocenters. The molecule has 20 heavy (non-hydrogen) atoms. The molecular weight excluding hydrogens is 296 g/mol. The largest absolute Gasteiger partial charge is 0.460 e. The summed E-state index contributed by atoms with van der Waals surface area (Å²) < 4.78 is 5.60. The van der Waals surface area contributed by atoms with Gasteiger partial charge in [-0.15, -0.1) is 22.9 Å². The van der Waals surface area contributed by atoms with E-state index in [2.05, 4.69) is 5.43 Å². The van der Waals surface area contributed by atoms with Crippen LogP contribution in [0.25, 0.3) is 5.70 Å². The van der Waals surface area contributed by atoms with Crippen LogP contribution < -0.4 is 5.43 Å². The summed E-state index contributed by atoms with van der Waals surface area (Å²) in [6.07, 6.45) is 1.98. The first kappa shape index (κ1) is 13.3. The molecule has 0 saturated carbocycles. The van der Waals surface area contributed by atoms with Gasteiger partial charge in [0.05, 0.1) is 5.70 Å². The maximum Gasteiger partial charge on any atom is 0.256 e. The lowest BCUT2D eigenvalue weighted by molar-refractivity contribution is -0.131. The summed E-state index contributed by atoms with van der Waals surface area (Å²) in [7, 11) is 0. The van der Waals surface area contributed by atoms with E-state index in [1.807, 2.05) is 42.6 Å². The summed E-state index contributed by atoms with van der Waals surface area (Å²) in [5.74, 6) is 1.32. The molecule has 0 aromatic carbocycles. The number of rotatable bonds is 3. The molecule has 3 rings (SSSR count). The van der Waals surface area contributed by atoms with Crippen molar-refractivity contribution in [2.45, 2.75) is 13.0 Å². The molecular formula is C14H13ClN2O2S. The zero-order valence-corrected chi connectivity index (χ0v) is 12.4. The molecule has 1 atom stereocenters. The lowest BCUT2D eigenvalue weighted by Gasteiger charge is -2.23. The molecule has 4 nitrogen and oxygen atoms in total. The SMILES string of the molecule is Cc1ccc(C2=C[C@H](c3cccs3)N(C(=O)CCl)N2)o1. The van der Waals surface area contributed by atoms with Crippen molar-refractivity contribution in [3.8, 4) is 0 Å². The summed E-state index contributed by atoms with van der Waals surface area (Å²) in [4.78, 5) is 13.1. The average Bonchev–Trinajstić information content (AvgIpc) is 3.16. The zero-order chi connectivity index (χ0) is 14.1. The minimum atomic E-state index is -0.167. The lowest BCUT2D eigenvalue weighted by Crippen LogP contribution is -2.40. The summed E-state index contributed by atoms with van der Waals surface area (Å²) >= 11 is 7.28. The Morgan fingerprint density at radius 1 is 1.50 bits per heavy atom. The van der Waals surface area contributed by atoms with Crippen molar-refractivity contribution in [3.05, 3.63) is 52.1 Å². The van der Waals surface area contributed by atoms with Crippen LogP contribution in [-0.2, 0) is 4.79 Å². The highest BCUT2D eigenvalue weighted by Crippen LogP contribution is 2.34. The third-order valence-electron chi connectivity index (χ3n) is 3.07. The molecule has 3 heterocycles. The molecule has 2 aromatic heterocycles. The van der Waals surface area contributed by atoms with Crippen LogP contribution >= 0.6 is 22.9 Å². The third-order valence-corrected chi connectivity index (χ3v) is 4.24. The highest BCUT2D eigenvalue weighted by Gasteiger charge is 2.31. The van der Waals surface area contributed by atoms with Gasteiger partial charge in [0.25, 0.3) is 5.91 Å². The number of thiophene rings is 1. The first-order chi connectivity index (χ1) is 9.69. The van der Waals surface area contributed by atoms with Crippen molar-refractivity contribution in [3.63, 3.8) is 0 Å². The van der Waals surface area contributed by atoms with Crippen molar-refractivity contribution >= 4 is 34.5 Å². The molecule has 0 fully saturated rings. The maximum absolute atomic E-state index is 12.0. The Morgan fingerprint density at radius 3 is 2.95 bits per heavy atom. The number of hydrogen-bond acceptors (Lipinski definition) is 4. The number of nitrogens with zero attached hydrogens (tertiary/aromatic N) is 1. The van der Waals surface area contributed by atoms with Gasteiger partial charge in [-0.2, -0.15) is 0 Å². The van der Waals surface area contributed by atoms with Crippen molar-refractivity contribution in [1.29, 1.82) is 0 Å². The minimum absolute atomic E-state index is 0.0623. The van der Waals surface area contributed by atoms with Crippen molar-refractivity contribution < 1.29 is 9.21 Å². The van der Waals surface area contributed by atoms with Crippen LogP contribution in [0.4, 0.5) is 0 Å². The number of carbonyl (C=O) groups excluding carboxylic acids is 1. The molecule has 0 bridgehead atoms. The predicted octanol–water partition coefficient (Wildman–Crippen LogP) is 3.32. The van der Waals surface area contributed by atoms with Gasteiger partial charge in [0.1, 0.15) is 17.7 Å². The molecule has 2 aromatic rings. The van der Waals surface area contributed by atoms with Crippen molar-refractivity contribution in [2.24, 2.45) is 0 Å². The number of alkyl halides is 1. The Bertz CT molecular complexity index is 648. The van der Waals surface area contributed by atoms with Gasteiger partial charge in [0.2, 0.25) is 0 Å².